The molecule has 22 heavy (non-hydrogen) atoms. The lowest BCUT2D eigenvalue weighted by atomic mass is 10.1. The minimum Gasteiger partial charge on any atom is -0.352 e. The molecule has 1 saturated heterocycles. The van der Waals surface area contributed by atoms with Crippen LogP contribution in [-0.4, -0.2) is 55.0 Å². The fourth-order valence-corrected chi connectivity index (χ4v) is 2.38. The van der Waals surface area contributed by atoms with Crippen molar-refractivity contribution in [2.45, 2.75) is 6.42 Å². The van der Waals surface area contributed by atoms with Crippen molar-refractivity contribution < 1.29 is 14.1 Å². The summed E-state index contributed by atoms with van der Waals surface area (Å²) >= 11 is 0. The third kappa shape index (κ3) is 4.47. The van der Waals surface area contributed by atoms with Crippen molar-refractivity contribution in [1.82, 2.24) is 15.5 Å². The summed E-state index contributed by atoms with van der Waals surface area (Å²) in [5.74, 6) is -1.28. The van der Waals surface area contributed by atoms with Gasteiger partial charge in [0.1, 0.15) is 11.4 Å². The Kier molecular flexibility index (Phi) is 5.79. The summed E-state index contributed by atoms with van der Waals surface area (Å²) in [6, 6.07) is 2.94. The second-order valence-electron chi connectivity index (χ2n) is 5.12. The Morgan fingerprint density at radius 1 is 1.41 bits per heavy atom. The van der Waals surface area contributed by atoms with E-state index in [4.69, 9.17) is 0 Å². The van der Waals surface area contributed by atoms with Gasteiger partial charge in [0, 0.05) is 32.7 Å². The van der Waals surface area contributed by atoms with E-state index < -0.39 is 22.3 Å². The summed E-state index contributed by atoms with van der Waals surface area (Å²) in [6.07, 6.45) is 0.765. The first-order valence-electron chi connectivity index (χ1n) is 7.23. The Hall–Kier alpha value is -2.06. The van der Waals surface area contributed by atoms with Gasteiger partial charge in [-0.25, -0.2) is 4.39 Å². The molecule has 0 aromatic heterocycles. The summed E-state index contributed by atoms with van der Waals surface area (Å²) in [7, 11) is 0. The van der Waals surface area contributed by atoms with Crippen LogP contribution in [0.3, 0.4) is 0 Å². The number of rotatable bonds is 6. The number of carbonyl (C=O) groups is 1. The molecule has 120 valence electrons. The lowest BCUT2D eigenvalue weighted by molar-refractivity contribution is -0.385. The van der Waals surface area contributed by atoms with Gasteiger partial charge in [-0.3, -0.25) is 14.9 Å². The van der Waals surface area contributed by atoms with Crippen LogP contribution in [0.1, 0.15) is 16.8 Å². The molecule has 2 rings (SSSR count). The van der Waals surface area contributed by atoms with Gasteiger partial charge in [0.25, 0.3) is 11.6 Å². The first-order valence-corrected chi connectivity index (χ1v) is 7.23. The summed E-state index contributed by atoms with van der Waals surface area (Å²) in [5, 5.41) is 16.8. The minimum atomic E-state index is -0.751. The molecule has 0 spiro atoms. The van der Waals surface area contributed by atoms with E-state index in [1.54, 1.807) is 0 Å². The van der Waals surface area contributed by atoms with E-state index >= 15 is 0 Å². The number of amides is 1. The van der Waals surface area contributed by atoms with Crippen molar-refractivity contribution in [3.8, 4) is 0 Å². The number of benzene rings is 1. The van der Waals surface area contributed by atoms with Crippen molar-refractivity contribution >= 4 is 11.6 Å². The predicted molar refractivity (Wildman–Crippen MR) is 79.3 cm³/mol. The maximum absolute atomic E-state index is 13.0. The van der Waals surface area contributed by atoms with Gasteiger partial charge in [-0.05, 0) is 25.1 Å². The van der Waals surface area contributed by atoms with E-state index in [9.17, 15) is 19.3 Å². The van der Waals surface area contributed by atoms with Crippen LogP contribution in [0.5, 0.6) is 0 Å². The van der Waals surface area contributed by atoms with Gasteiger partial charge in [0.05, 0.1) is 11.0 Å². The van der Waals surface area contributed by atoms with Crippen LogP contribution < -0.4 is 10.6 Å². The first kappa shape index (κ1) is 16.3. The molecule has 2 N–H and O–H groups in total. The van der Waals surface area contributed by atoms with Crippen LogP contribution >= 0.6 is 0 Å². The van der Waals surface area contributed by atoms with Gasteiger partial charge >= 0.3 is 0 Å². The van der Waals surface area contributed by atoms with E-state index in [0.29, 0.717) is 6.54 Å². The smallest absolute Gasteiger partial charge is 0.285 e. The van der Waals surface area contributed by atoms with Crippen molar-refractivity contribution in [3.05, 3.63) is 39.7 Å². The Morgan fingerprint density at radius 2 is 2.14 bits per heavy atom. The summed E-state index contributed by atoms with van der Waals surface area (Å²) < 4.78 is 13.0. The van der Waals surface area contributed by atoms with Gasteiger partial charge in [-0.1, -0.05) is 0 Å². The molecule has 1 aliphatic heterocycles. The van der Waals surface area contributed by atoms with Crippen molar-refractivity contribution in [2.24, 2.45) is 0 Å². The number of hydrogen-bond donors (Lipinski definition) is 2. The second kappa shape index (κ2) is 7.81. The number of hydrogen-bond acceptors (Lipinski definition) is 5. The van der Waals surface area contributed by atoms with Crippen LogP contribution in [0.15, 0.2) is 18.2 Å². The Morgan fingerprint density at radius 3 is 2.82 bits per heavy atom. The molecule has 0 radical (unpaired) electrons. The maximum Gasteiger partial charge on any atom is 0.285 e. The SMILES string of the molecule is O=C(NCCCN1CCNCC1)c1ccc(F)cc1[N+](=O)[O-]. The molecule has 1 fully saturated rings. The average Bonchev–Trinajstić information content (AvgIpc) is 2.52. The number of nitrogens with one attached hydrogen (secondary N) is 2. The predicted octanol–water partition coefficient (Wildman–Crippen LogP) is 0.759. The van der Waals surface area contributed by atoms with E-state index in [1.165, 1.54) is 0 Å². The molecular weight excluding hydrogens is 291 g/mol. The average molecular weight is 310 g/mol. The molecular formula is C14H19FN4O3. The van der Waals surface area contributed by atoms with E-state index in [1.807, 2.05) is 0 Å². The van der Waals surface area contributed by atoms with Crippen LogP contribution in [0.25, 0.3) is 0 Å². The zero-order valence-electron chi connectivity index (χ0n) is 12.2. The van der Waals surface area contributed by atoms with Crippen LogP contribution in [0.2, 0.25) is 0 Å². The molecule has 1 aliphatic rings. The summed E-state index contributed by atoms with van der Waals surface area (Å²) in [4.78, 5) is 24.4. The van der Waals surface area contributed by atoms with Gasteiger partial charge < -0.3 is 15.5 Å². The first-order chi connectivity index (χ1) is 10.6. The van der Waals surface area contributed by atoms with E-state index in [0.717, 1.165) is 57.3 Å². The zero-order chi connectivity index (χ0) is 15.9. The lowest BCUT2D eigenvalue weighted by Crippen LogP contribution is -2.44. The molecule has 1 aromatic rings. The molecule has 0 aliphatic carbocycles. The monoisotopic (exact) mass is 310 g/mol. The number of nitro groups is 1. The normalized spacial score (nSPS) is 15.5. The van der Waals surface area contributed by atoms with Crippen molar-refractivity contribution in [2.75, 3.05) is 39.3 Å². The van der Waals surface area contributed by atoms with E-state index in [2.05, 4.69) is 15.5 Å². The highest BCUT2D eigenvalue weighted by Gasteiger charge is 2.20. The highest BCUT2D eigenvalue weighted by Crippen LogP contribution is 2.19. The highest BCUT2D eigenvalue weighted by atomic mass is 19.1. The van der Waals surface area contributed by atoms with Gasteiger partial charge in [-0.15, -0.1) is 0 Å². The fourth-order valence-electron chi connectivity index (χ4n) is 2.38. The lowest BCUT2D eigenvalue weighted by Gasteiger charge is -2.27. The third-order valence-electron chi connectivity index (χ3n) is 3.55. The molecule has 0 unspecified atom stereocenters. The third-order valence-corrected chi connectivity index (χ3v) is 3.55. The Labute approximate surface area is 127 Å². The fraction of sp³-hybridized carbons (Fsp3) is 0.500. The number of nitro benzene ring substituents is 1. The number of halogens is 1. The van der Waals surface area contributed by atoms with Gasteiger partial charge in [-0.2, -0.15) is 0 Å². The van der Waals surface area contributed by atoms with Crippen molar-refractivity contribution in [1.29, 1.82) is 0 Å². The highest BCUT2D eigenvalue weighted by molar-refractivity contribution is 5.98. The molecule has 0 bridgehead atoms. The van der Waals surface area contributed by atoms with Crippen LogP contribution in [0, 0.1) is 15.9 Å². The molecule has 8 heteroatoms. The zero-order valence-corrected chi connectivity index (χ0v) is 12.2. The summed E-state index contributed by atoms with van der Waals surface area (Å²) in [5.41, 5.74) is -0.631. The van der Waals surface area contributed by atoms with Crippen LogP contribution in [-0.2, 0) is 0 Å². The summed E-state index contributed by atoms with van der Waals surface area (Å²) in [6.45, 7) is 5.20. The van der Waals surface area contributed by atoms with E-state index in [-0.39, 0.29) is 5.56 Å². The van der Waals surface area contributed by atoms with Crippen molar-refractivity contribution in [3.63, 3.8) is 0 Å². The minimum absolute atomic E-state index is 0.117. The van der Waals surface area contributed by atoms with Crippen LogP contribution in [0.4, 0.5) is 10.1 Å². The topological polar surface area (TPSA) is 87.5 Å². The quantitative estimate of drug-likeness (QED) is 0.460. The molecule has 1 amide bonds. The molecule has 0 atom stereocenters. The molecule has 1 heterocycles. The maximum atomic E-state index is 13.0. The Balaban J connectivity index is 1.83. The number of carbonyl (C=O) groups excluding carboxylic acids is 1. The second-order valence-corrected chi connectivity index (χ2v) is 5.12. The standard InChI is InChI=1S/C14H19FN4O3/c15-11-2-3-12(13(10-11)19(21)22)14(20)17-4-1-7-18-8-5-16-6-9-18/h2-3,10,16H,1,4-9H2,(H,17,20). The van der Waals surface area contributed by atoms with Gasteiger partial charge in [0.2, 0.25) is 0 Å². The molecule has 1 aromatic carbocycles. The number of nitrogens with zero attached hydrogens (tertiary/aromatic N) is 2. The number of piperazine rings is 1. The molecule has 7 nitrogen and oxygen atoms in total. The Bertz CT molecular complexity index is 547. The molecule has 0 saturated carbocycles. The largest absolute Gasteiger partial charge is 0.352 e. The van der Waals surface area contributed by atoms with Gasteiger partial charge in [0.15, 0.2) is 0 Å².